The Labute approximate surface area is 86.1 Å². The summed E-state index contributed by atoms with van der Waals surface area (Å²) in [5.74, 6) is 0.838. The fraction of sp³-hybridized carbons (Fsp3) is 0.909. The van der Waals surface area contributed by atoms with E-state index in [1.807, 2.05) is 13.8 Å². The highest BCUT2D eigenvalue weighted by molar-refractivity contribution is 5.79. The molecule has 14 heavy (non-hydrogen) atoms. The van der Waals surface area contributed by atoms with Crippen LogP contribution in [0.5, 0.6) is 0 Å². The lowest BCUT2D eigenvalue weighted by atomic mass is 9.97. The molecule has 1 rings (SSSR count). The molecule has 1 N–H and O–H groups in total. The average molecular weight is 199 g/mol. The molecule has 1 heterocycles. The molecule has 0 aromatic heterocycles. The third-order valence-corrected chi connectivity index (χ3v) is 3.27. The molecule has 0 aliphatic carbocycles. The number of amides is 1. The number of carbonyl (C=O) groups is 1. The van der Waals surface area contributed by atoms with Crippen LogP contribution in [0.4, 0.5) is 0 Å². The molecule has 3 unspecified atom stereocenters. The SMILES string of the molecule is CC(C)C(C)C(=O)N1CC(C)C(O)C1. The molecule has 3 heteroatoms. The Balaban J connectivity index is 2.55. The van der Waals surface area contributed by atoms with E-state index >= 15 is 0 Å². The molecule has 1 fully saturated rings. The number of carbonyl (C=O) groups excluding carboxylic acids is 1. The first-order valence-electron chi connectivity index (χ1n) is 5.40. The summed E-state index contributed by atoms with van der Waals surface area (Å²) in [4.78, 5) is 13.7. The lowest BCUT2D eigenvalue weighted by molar-refractivity contribution is -0.135. The summed E-state index contributed by atoms with van der Waals surface area (Å²) < 4.78 is 0. The normalized spacial score (nSPS) is 29.7. The molecular weight excluding hydrogens is 178 g/mol. The Morgan fingerprint density at radius 1 is 1.36 bits per heavy atom. The molecule has 1 aliphatic rings. The van der Waals surface area contributed by atoms with E-state index in [1.54, 1.807) is 4.90 Å². The number of hydrogen-bond donors (Lipinski definition) is 1. The number of hydrogen-bond acceptors (Lipinski definition) is 2. The maximum atomic E-state index is 11.9. The second-order valence-corrected chi connectivity index (χ2v) is 4.82. The number of β-amino-alcohol motifs (C(OH)–C–C–N with tert-alkyl or cyclic N) is 1. The van der Waals surface area contributed by atoms with Crippen molar-refractivity contribution in [1.82, 2.24) is 4.90 Å². The Bertz CT molecular complexity index is 205. The van der Waals surface area contributed by atoms with E-state index in [9.17, 15) is 9.90 Å². The van der Waals surface area contributed by atoms with Crippen LogP contribution in [0.1, 0.15) is 27.7 Å². The van der Waals surface area contributed by atoms with Crippen LogP contribution >= 0.6 is 0 Å². The molecule has 1 saturated heterocycles. The van der Waals surface area contributed by atoms with Crippen LogP contribution in [0.3, 0.4) is 0 Å². The zero-order valence-corrected chi connectivity index (χ0v) is 9.53. The van der Waals surface area contributed by atoms with Gasteiger partial charge in [-0.3, -0.25) is 4.79 Å². The van der Waals surface area contributed by atoms with E-state index in [1.165, 1.54) is 0 Å². The molecule has 0 aromatic rings. The van der Waals surface area contributed by atoms with Gasteiger partial charge in [0, 0.05) is 24.9 Å². The molecule has 0 saturated carbocycles. The first-order chi connectivity index (χ1) is 6.43. The monoisotopic (exact) mass is 199 g/mol. The highest BCUT2D eigenvalue weighted by Gasteiger charge is 2.33. The molecule has 1 amide bonds. The third kappa shape index (κ3) is 2.27. The zero-order chi connectivity index (χ0) is 10.9. The van der Waals surface area contributed by atoms with Crippen molar-refractivity contribution in [3.8, 4) is 0 Å². The average Bonchev–Trinajstić information content (AvgIpc) is 2.44. The number of likely N-dealkylation sites (tertiary alicyclic amines) is 1. The van der Waals surface area contributed by atoms with Crippen LogP contribution in [0.15, 0.2) is 0 Å². The van der Waals surface area contributed by atoms with Crippen LogP contribution in [0.2, 0.25) is 0 Å². The fourth-order valence-corrected chi connectivity index (χ4v) is 1.70. The standard InChI is InChI=1S/C11H21NO2/c1-7(2)9(4)11(14)12-5-8(3)10(13)6-12/h7-10,13H,5-6H2,1-4H3. The van der Waals surface area contributed by atoms with Gasteiger partial charge in [0.05, 0.1) is 6.10 Å². The van der Waals surface area contributed by atoms with E-state index in [0.29, 0.717) is 19.0 Å². The van der Waals surface area contributed by atoms with Gasteiger partial charge in [-0.05, 0) is 5.92 Å². The van der Waals surface area contributed by atoms with Gasteiger partial charge >= 0.3 is 0 Å². The van der Waals surface area contributed by atoms with Crippen molar-refractivity contribution < 1.29 is 9.90 Å². The minimum Gasteiger partial charge on any atom is -0.391 e. The van der Waals surface area contributed by atoms with E-state index in [-0.39, 0.29) is 23.8 Å². The molecule has 0 aromatic carbocycles. The Morgan fingerprint density at radius 3 is 2.29 bits per heavy atom. The van der Waals surface area contributed by atoms with Crippen LogP contribution in [-0.2, 0) is 4.79 Å². The van der Waals surface area contributed by atoms with E-state index in [2.05, 4.69) is 13.8 Å². The molecule has 1 aliphatic heterocycles. The highest BCUT2D eigenvalue weighted by Crippen LogP contribution is 2.21. The lowest BCUT2D eigenvalue weighted by Gasteiger charge is -2.22. The van der Waals surface area contributed by atoms with Crippen molar-refractivity contribution in [2.24, 2.45) is 17.8 Å². The predicted molar refractivity (Wildman–Crippen MR) is 55.8 cm³/mol. The smallest absolute Gasteiger partial charge is 0.225 e. The summed E-state index contributed by atoms with van der Waals surface area (Å²) in [7, 11) is 0. The highest BCUT2D eigenvalue weighted by atomic mass is 16.3. The molecular formula is C11H21NO2. The minimum absolute atomic E-state index is 0.0625. The maximum absolute atomic E-state index is 11.9. The molecule has 0 radical (unpaired) electrons. The van der Waals surface area contributed by atoms with Gasteiger partial charge in [0.25, 0.3) is 0 Å². The molecule has 0 spiro atoms. The van der Waals surface area contributed by atoms with Crippen molar-refractivity contribution in [2.75, 3.05) is 13.1 Å². The number of rotatable bonds is 2. The molecule has 82 valence electrons. The van der Waals surface area contributed by atoms with Gasteiger partial charge in [0.1, 0.15) is 0 Å². The van der Waals surface area contributed by atoms with Crippen molar-refractivity contribution in [3.63, 3.8) is 0 Å². The summed E-state index contributed by atoms with van der Waals surface area (Å²) in [5, 5.41) is 9.54. The van der Waals surface area contributed by atoms with Gasteiger partial charge < -0.3 is 10.0 Å². The Hall–Kier alpha value is -0.570. The second kappa shape index (κ2) is 4.30. The van der Waals surface area contributed by atoms with Crippen LogP contribution in [0.25, 0.3) is 0 Å². The second-order valence-electron chi connectivity index (χ2n) is 4.82. The zero-order valence-electron chi connectivity index (χ0n) is 9.53. The van der Waals surface area contributed by atoms with Gasteiger partial charge in [-0.1, -0.05) is 27.7 Å². The Kier molecular flexibility index (Phi) is 3.53. The summed E-state index contributed by atoms with van der Waals surface area (Å²) >= 11 is 0. The summed E-state index contributed by atoms with van der Waals surface area (Å²) in [5.41, 5.74) is 0. The number of aliphatic hydroxyl groups is 1. The van der Waals surface area contributed by atoms with E-state index in [4.69, 9.17) is 0 Å². The van der Waals surface area contributed by atoms with Crippen molar-refractivity contribution in [1.29, 1.82) is 0 Å². The van der Waals surface area contributed by atoms with Gasteiger partial charge in [-0.25, -0.2) is 0 Å². The Morgan fingerprint density at radius 2 is 1.93 bits per heavy atom. The van der Waals surface area contributed by atoms with Crippen molar-refractivity contribution in [3.05, 3.63) is 0 Å². The quantitative estimate of drug-likeness (QED) is 0.724. The largest absolute Gasteiger partial charge is 0.391 e. The third-order valence-electron chi connectivity index (χ3n) is 3.27. The van der Waals surface area contributed by atoms with Gasteiger partial charge in [0.2, 0.25) is 5.91 Å². The minimum atomic E-state index is -0.335. The molecule has 0 bridgehead atoms. The van der Waals surface area contributed by atoms with Crippen LogP contribution in [-0.4, -0.2) is 35.1 Å². The van der Waals surface area contributed by atoms with Crippen LogP contribution in [0, 0.1) is 17.8 Å². The summed E-state index contributed by atoms with van der Waals surface area (Å²) in [6.07, 6.45) is -0.335. The molecule has 3 nitrogen and oxygen atoms in total. The first kappa shape index (κ1) is 11.5. The van der Waals surface area contributed by atoms with Gasteiger partial charge in [-0.15, -0.1) is 0 Å². The molecule has 3 atom stereocenters. The van der Waals surface area contributed by atoms with E-state index < -0.39 is 0 Å². The van der Waals surface area contributed by atoms with Crippen molar-refractivity contribution in [2.45, 2.75) is 33.8 Å². The lowest BCUT2D eigenvalue weighted by Crippen LogP contribution is -2.35. The summed E-state index contributed by atoms with van der Waals surface area (Å²) in [6.45, 7) is 9.27. The fourth-order valence-electron chi connectivity index (χ4n) is 1.70. The first-order valence-corrected chi connectivity index (χ1v) is 5.40. The number of aliphatic hydroxyl groups excluding tert-OH is 1. The number of nitrogens with zero attached hydrogens (tertiary/aromatic N) is 1. The van der Waals surface area contributed by atoms with Gasteiger partial charge in [-0.2, -0.15) is 0 Å². The predicted octanol–water partition coefficient (Wildman–Crippen LogP) is 1.12. The topological polar surface area (TPSA) is 40.5 Å². The van der Waals surface area contributed by atoms with Crippen molar-refractivity contribution >= 4 is 5.91 Å². The van der Waals surface area contributed by atoms with E-state index in [0.717, 1.165) is 0 Å². The van der Waals surface area contributed by atoms with Crippen LogP contribution < -0.4 is 0 Å². The summed E-state index contributed by atoms with van der Waals surface area (Å²) in [6, 6.07) is 0. The maximum Gasteiger partial charge on any atom is 0.225 e. The van der Waals surface area contributed by atoms with Gasteiger partial charge in [0.15, 0.2) is 0 Å².